The Balaban J connectivity index is 1.52. The first-order valence-electron chi connectivity index (χ1n) is 9.92. The SMILES string of the molecule is N=C(N)c1c(Oc2ccc(NC(=O)c3cccc(-c4ccc(F)cc4)n3)cc2F)ccnc1N. The number of nitrogens with one attached hydrogen (secondary N) is 2. The summed E-state index contributed by atoms with van der Waals surface area (Å²) in [5.74, 6) is -2.20. The standard InChI is InChI=1S/C24H18F2N6O2/c25-14-6-4-13(5-7-14)17-2-1-3-18(32-17)24(33)31-15-8-9-19(16(26)12-15)34-20-10-11-30-23(29)21(20)22(27)28/h1-12H,(H3,27,28)(H2,29,30)(H,31,33). The van der Waals surface area contributed by atoms with Gasteiger partial charge < -0.3 is 21.5 Å². The van der Waals surface area contributed by atoms with Gasteiger partial charge in [0.05, 0.1) is 5.69 Å². The average molecular weight is 460 g/mol. The zero-order valence-electron chi connectivity index (χ0n) is 17.5. The number of nitrogen functional groups attached to an aromatic ring is 2. The predicted octanol–water partition coefficient (Wildman–Crippen LogP) is 4.33. The number of carbonyl (C=O) groups is 1. The van der Waals surface area contributed by atoms with Gasteiger partial charge in [0.15, 0.2) is 11.6 Å². The van der Waals surface area contributed by atoms with Crippen molar-refractivity contribution >= 4 is 23.2 Å². The van der Waals surface area contributed by atoms with Crippen LogP contribution in [0.2, 0.25) is 0 Å². The smallest absolute Gasteiger partial charge is 0.274 e. The molecule has 2 heterocycles. The van der Waals surface area contributed by atoms with E-state index in [2.05, 4.69) is 15.3 Å². The fraction of sp³-hybridized carbons (Fsp3) is 0. The first kappa shape index (κ1) is 22.3. The molecule has 6 N–H and O–H groups in total. The van der Waals surface area contributed by atoms with E-state index in [1.165, 1.54) is 42.6 Å². The monoisotopic (exact) mass is 460 g/mol. The molecule has 0 aliphatic carbocycles. The maximum atomic E-state index is 14.7. The lowest BCUT2D eigenvalue weighted by Gasteiger charge is -2.13. The number of rotatable bonds is 6. The Morgan fingerprint density at radius 3 is 2.47 bits per heavy atom. The van der Waals surface area contributed by atoms with E-state index in [-0.39, 0.29) is 45.9 Å². The minimum Gasteiger partial charge on any atom is -0.453 e. The maximum Gasteiger partial charge on any atom is 0.274 e. The number of nitrogens with zero attached hydrogens (tertiary/aromatic N) is 2. The maximum absolute atomic E-state index is 14.7. The summed E-state index contributed by atoms with van der Waals surface area (Å²) >= 11 is 0. The van der Waals surface area contributed by atoms with Crippen molar-refractivity contribution < 1.29 is 18.3 Å². The third-order valence-corrected chi connectivity index (χ3v) is 4.74. The number of halogens is 2. The van der Waals surface area contributed by atoms with Crippen molar-refractivity contribution in [1.29, 1.82) is 5.41 Å². The quantitative estimate of drug-likeness (QED) is 0.249. The molecule has 10 heteroatoms. The van der Waals surface area contributed by atoms with Gasteiger partial charge in [-0.25, -0.2) is 18.7 Å². The number of pyridine rings is 2. The van der Waals surface area contributed by atoms with E-state index in [0.29, 0.717) is 11.3 Å². The van der Waals surface area contributed by atoms with Crippen molar-refractivity contribution in [3.05, 3.63) is 95.8 Å². The van der Waals surface area contributed by atoms with Gasteiger partial charge in [0, 0.05) is 29.6 Å². The van der Waals surface area contributed by atoms with Gasteiger partial charge >= 0.3 is 0 Å². The number of hydrogen-bond acceptors (Lipinski definition) is 6. The molecule has 0 bridgehead atoms. The molecule has 4 aromatic rings. The van der Waals surface area contributed by atoms with Crippen LogP contribution in [0.3, 0.4) is 0 Å². The second-order valence-electron chi connectivity index (χ2n) is 7.10. The molecule has 0 saturated heterocycles. The number of nitrogens with two attached hydrogens (primary N) is 2. The van der Waals surface area contributed by atoms with E-state index < -0.39 is 11.7 Å². The Labute approximate surface area is 192 Å². The van der Waals surface area contributed by atoms with Gasteiger partial charge in [-0.05, 0) is 48.5 Å². The summed E-state index contributed by atoms with van der Waals surface area (Å²) < 4.78 is 33.4. The Kier molecular flexibility index (Phi) is 6.13. The van der Waals surface area contributed by atoms with Crippen LogP contribution >= 0.6 is 0 Å². The van der Waals surface area contributed by atoms with Crippen LogP contribution in [0.25, 0.3) is 11.3 Å². The van der Waals surface area contributed by atoms with Crippen LogP contribution in [0.15, 0.2) is 72.9 Å². The highest BCUT2D eigenvalue weighted by Crippen LogP contribution is 2.30. The van der Waals surface area contributed by atoms with E-state index in [4.69, 9.17) is 21.6 Å². The molecule has 0 unspecified atom stereocenters. The van der Waals surface area contributed by atoms with Gasteiger partial charge in [-0.1, -0.05) is 6.07 Å². The molecule has 4 rings (SSSR count). The molecule has 170 valence electrons. The molecule has 8 nitrogen and oxygen atoms in total. The average Bonchev–Trinajstić information content (AvgIpc) is 2.81. The highest BCUT2D eigenvalue weighted by atomic mass is 19.1. The van der Waals surface area contributed by atoms with E-state index in [0.717, 1.165) is 6.07 Å². The van der Waals surface area contributed by atoms with E-state index in [1.54, 1.807) is 24.3 Å². The molecule has 0 aliphatic rings. The van der Waals surface area contributed by atoms with Crippen molar-refractivity contribution in [2.75, 3.05) is 11.1 Å². The predicted molar refractivity (Wildman–Crippen MR) is 124 cm³/mol. The molecule has 0 fully saturated rings. The number of ether oxygens (including phenoxy) is 1. The molecule has 2 aromatic carbocycles. The molecule has 0 radical (unpaired) electrons. The third-order valence-electron chi connectivity index (χ3n) is 4.74. The molecule has 0 saturated carbocycles. The van der Waals surface area contributed by atoms with Crippen LogP contribution in [0, 0.1) is 17.0 Å². The molecule has 0 aliphatic heterocycles. The van der Waals surface area contributed by atoms with Crippen LogP contribution < -0.4 is 21.5 Å². The lowest BCUT2D eigenvalue weighted by Crippen LogP contribution is -2.16. The molecule has 2 aromatic heterocycles. The number of carbonyl (C=O) groups excluding carboxylic acids is 1. The van der Waals surface area contributed by atoms with Crippen LogP contribution in [0.5, 0.6) is 11.5 Å². The van der Waals surface area contributed by atoms with Crippen LogP contribution in [0.1, 0.15) is 16.1 Å². The van der Waals surface area contributed by atoms with Crippen molar-refractivity contribution in [2.24, 2.45) is 5.73 Å². The van der Waals surface area contributed by atoms with Crippen molar-refractivity contribution in [2.45, 2.75) is 0 Å². The van der Waals surface area contributed by atoms with Gasteiger partial charge in [0.25, 0.3) is 5.91 Å². The summed E-state index contributed by atoms with van der Waals surface area (Å²) in [6, 6.07) is 15.8. The van der Waals surface area contributed by atoms with Gasteiger partial charge in [0.1, 0.15) is 34.5 Å². The summed E-state index contributed by atoms with van der Waals surface area (Å²) in [6.45, 7) is 0. The Bertz CT molecular complexity index is 1390. The fourth-order valence-electron chi connectivity index (χ4n) is 3.13. The normalized spacial score (nSPS) is 10.5. The lowest BCUT2D eigenvalue weighted by molar-refractivity contribution is 0.102. The topological polar surface area (TPSA) is 140 Å². The molecule has 0 spiro atoms. The second kappa shape index (κ2) is 9.33. The van der Waals surface area contributed by atoms with Crippen molar-refractivity contribution in [1.82, 2.24) is 9.97 Å². The van der Waals surface area contributed by atoms with Gasteiger partial charge in [0.2, 0.25) is 0 Å². The van der Waals surface area contributed by atoms with Crippen molar-refractivity contribution in [3.63, 3.8) is 0 Å². The highest BCUT2D eigenvalue weighted by molar-refractivity contribution is 6.03. The second-order valence-corrected chi connectivity index (χ2v) is 7.10. The zero-order chi connectivity index (χ0) is 24.2. The van der Waals surface area contributed by atoms with E-state index >= 15 is 0 Å². The summed E-state index contributed by atoms with van der Waals surface area (Å²) in [7, 11) is 0. The van der Waals surface area contributed by atoms with Gasteiger partial charge in [-0.2, -0.15) is 0 Å². The van der Waals surface area contributed by atoms with E-state index in [9.17, 15) is 13.6 Å². The van der Waals surface area contributed by atoms with Gasteiger partial charge in [-0.3, -0.25) is 10.2 Å². The molecular formula is C24H18F2N6O2. The summed E-state index contributed by atoms with van der Waals surface area (Å²) in [6.07, 6.45) is 1.34. The molecule has 34 heavy (non-hydrogen) atoms. The number of aromatic nitrogens is 2. The highest BCUT2D eigenvalue weighted by Gasteiger charge is 2.16. The molecule has 0 atom stereocenters. The fourth-order valence-corrected chi connectivity index (χ4v) is 3.13. The Morgan fingerprint density at radius 2 is 1.76 bits per heavy atom. The number of amidine groups is 1. The first-order valence-corrected chi connectivity index (χ1v) is 9.92. The molecule has 1 amide bonds. The number of anilines is 2. The minimum atomic E-state index is -0.768. The number of hydrogen-bond donors (Lipinski definition) is 4. The number of amides is 1. The Morgan fingerprint density at radius 1 is 1.00 bits per heavy atom. The van der Waals surface area contributed by atoms with Gasteiger partial charge in [-0.15, -0.1) is 0 Å². The van der Waals surface area contributed by atoms with E-state index in [1.807, 2.05) is 0 Å². The van der Waals surface area contributed by atoms with Crippen molar-refractivity contribution in [3.8, 4) is 22.8 Å². The van der Waals surface area contributed by atoms with Crippen LogP contribution in [-0.2, 0) is 0 Å². The first-order chi connectivity index (χ1) is 16.3. The van der Waals surface area contributed by atoms with Crippen LogP contribution in [-0.4, -0.2) is 21.7 Å². The Hall–Kier alpha value is -4.86. The van der Waals surface area contributed by atoms with Crippen LogP contribution in [0.4, 0.5) is 20.3 Å². The summed E-state index contributed by atoms with van der Waals surface area (Å²) in [5.41, 5.74) is 12.7. The molecular weight excluding hydrogens is 442 g/mol. The largest absolute Gasteiger partial charge is 0.453 e. The summed E-state index contributed by atoms with van der Waals surface area (Å²) in [4.78, 5) is 20.8. The zero-order valence-corrected chi connectivity index (χ0v) is 17.5. The summed E-state index contributed by atoms with van der Waals surface area (Å²) in [5, 5.41) is 10.2. The minimum absolute atomic E-state index is 0.0235. The number of benzene rings is 2. The lowest BCUT2D eigenvalue weighted by atomic mass is 10.1. The third kappa shape index (κ3) is 4.80.